The summed E-state index contributed by atoms with van der Waals surface area (Å²) < 4.78 is 17.6. The quantitative estimate of drug-likeness (QED) is 0.496. The molecule has 0 saturated carbocycles. The third-order valence-electron chi connectivity index (χ3n) is 0.496. The molecule has 0 radical (unpaired) electrons. The van der Waals surface area contributed by atoms with Crippen LogP contribution in [0.3, 0.4) is 0 Å². The zero-order valence-electron chi connectivity index (χ0n) is 4.61. The van der Waals surface area contributed by atoms with Gasteiger partial charge < -0.3 is 9.54 Å². The molecule has 1 aromatic rings. The molecule has 0 aromatic carbocycles. The second kappa shape index (κ2) is 5.49. The zero-order chi connectivity index (χ0) is 7.11. The smallest absolute Gasteiger partial charge is 0.0152 e. The first-order valence-electron chi connectivity index (χ1n) is 2.15. The second-order valence-electron chi connectivity index (χ2n) is 1.15. The normalized spacial score (nSPS) is 11.3. The lowest BCUT2D eigenvalue weighted by atomic mass is 10.7. The van der Waals surface area contributed by atoms with Gasteiger partial charge in [0.25, 0.3) is 0 Å². The van der Waals surface area contributed by atoms with Gasteiger partial charge in [-0.05, 0) is 12.1 Å². The van der Waals surface area contributed by atoms with Crippen LogP contribution in [-0.4, -0.2) is 13.7 Å². The van der Waals surface area contributed by atoms with Crippen LogP contribution in [0.5, 0.6) is 0 Å². The van der Waals surface area contributed by atoms with E-state index in [0.717, 1.165) is 0 Å². The summed E-state index contributed by atoms with van der Waals surface area (Å²) in [6.07, 6.45) is 3.75. The molecule has 0 aliphatic carbocycles. The Labute approximate surface area is 55.5 Å². The predicted octanol–water partition coefficient (Wildman–Crippen LogP) is -0.246. The van der Waals surface area contributed by atoms with Crippen LogP contribution < -0.4 is 5.14 Å². The van der Waals surface area contributed by atoms with Crippen molar-refractivity contribution in [3.05, 3.63) is 24.5 Å². The van der Waals surface area contributed by atoms with Crippen molar-refractivity contribution in [3.63, 3.8) is 0 Å². The molecule has 1 heterocycles. The van der Waals surface area contributed by atoms with E-state index in [4.69, 9.17) is 8.76 Å². The van der Waals surface area contributed by atoms with Crippen LogP contribution in [0.2, 0.25) is 0 Å². The molecule has 1 atom stereocenters. The van der Waals surface area contributed by atoms with Crippen LogP contribution in [0.4, 0.5) is 0 Å². The van der Waals surface area contributed by atoms with Gasteiger partial charge >= 0.3 is 0 Å². The van der Waals surface area contributed by atoms with Crippen molar-refractivity contribution in [1.82, 2.24) is 4.98 Å². The van der Waals surface area contributed by atoms with Gasteiger partial charge in [0.1, 0.15) is 0 Å². The van der Waals surface area contributed by atoms with Gasteiger partial charge in [-0.2, -0.15) is 0 Å². The highest BCUT2D eigenvalue weighted by atomic mass is 32.2. The Balaban J connectivity index is 0.000000148. The molecule has 1 rings (SSSR count). The van der Waals surface area contributed by atoms with E-state index in [1.165, 1.54) is 0 Å². The summed E-state index contributed by atoms with van der Waals surface area (Å²) in [6.45, 7) is 0. The highest BCUT2D eigenvalue weighted by Gasteiger charge is 1.55. The molecular weight excluding hydrogens is 140 g/mol. The number of H-pyrrole nitrogens is 1. The van der Waals surface area contributed by atoms with E-state index < -0.39 is 11.3 Å². The number of rotatable bonds is 0. The van der Waals surface area contributed by atoms with E-state index in [2.05, 4.69) is 10.1 Å². The van der Waals surface area contributed by atoms with Crippen molar-refractivity contribution in [3.8, 4) is 0 Å². The lowest BCUT2D eigenvalue weighted by molar-refractivity contribution is 0.539. The van der Waals surface area contributed by atoms with Crippen LogP contribution in [0.15, 0.2) is 24.5 Å². The van der Waals surface area contributed by atoms with Crippen molar-refractivity contribution in [2.75, 3.05) is 0 Å². The minimum atomic E-state index is -2.36. The van der Waals surface area contributed by atoms with Crippen molar-refractivity contribution < 1.29 is 8.76 Å². The van der Waals surface area contributed by atoms with Gasteiger partial charge in [-0.25, -0.2) is 0 Å². The SMILES string of the molecule is NS(=O)[O-].c1cc[nH]c1. The number of nitrogens with one attached hydrogen (secondary N) is 1. The van der Waals surface area contributed by atoms with Crippen LogP contribution >= 0.6 is 0 Å². The van der Waals surface area contributed by atoms with E-state index in [0.29, 0.717) is 0 Å². The summed E-state index contributed by atoms with van der Waals surface area (Å²) in [7, 11) is 0. The largest absolute Gasteiger partial charge is 0.760 e. The molecule has 0 spiro atoms. The summed E-state index contributed by atoms with van der Waals surface area (Å²) in [5.74, 6) is 0. The summed E-state index contributed by atoms with van der Waals surface area (Å²) in [6, 6.07) is 3.89. The molecule has 4 nitrogen and oxygen atoms in total. The van der Waals surface area contributed by atoms with E-state index in [1.54, 1.807) is 0 Å². The molecule has 0 saturated heterocycles. The van der Waals surface area contributed by atoms with Crippen molar-refractivity contribution in [1.29, 1.82) is 0 Å². The third kappa shape index (κ3) is 11.1. The molecule has 52 valence electrons. The first kappa shape index (κ1) is 8.35. The average molecular weight is 147 g/mol. The van der Waals surface area contributed by atoms with Gasteiger partial charge in [-0.1, -0.05) is 0 Å². The van der Waals surface area contributed by atoms with Gasteiger partial charge in [0.2, 0.25) is 0 Å². The van der Waals surface area contributed by atoms with Gasteiger partial charge in [-0.15, -0.1) is 0 Å². The molecule has 0 aliphatic rings. The predicted molar refractivity (Wildman–Crippen MR) is 33.9 cm³/mol. The number of hydrogen-bond donors (Lipinski definition) is 2. The highest BCUT2D eigenvalue weighted by molar-refractivity contribution is 7.76. The topological polar surface area (TPSA) is 81.9 Å². The zero-order valence-corrected chi connectivity index (χ0v) is 5.43. The molecule has 3 N–H and O–H groups in total. The molecule has 0 amide bonds. The van der Waals surface area contributed by atoms with E-state index in [9.17, 15) is 0 Å². The number of nitrogens with two attached hydrogens (primary N) is 1. The minimum Gasteiger partial charge on any atom is -0.760 e. The summed E-state index contributed by atoms with van der Waals surface area (Å²) >= 11 is -2.36. The van der Waals surface area contributed by atoms with E-state index in [1.807, 2.05) is 24.5 Å². The van der Waals surface area contributed by atoms with Gasteiger partial charge in [0, 0.05) is 23.7 Å². The maximum atomic E-state index is 8.78. The van der Waals surface area contributed by atoms with E-state index >= 15 is 0 Å². The van der Waals surface area contributed by atoms with Crippen molar-refractivity contribution >= 4 is 11.3 Å². The number of aromatic amines is 1. The fourth-order valence-electron chi connectivity index (χ4n) is 0.278. The monoisotopic (exact) mass is 147 g/mol. The third-order valence-corrected chi connectivity index (χ3v) is 0.496. The maximum absolute atomic E-state index is 8.78. The van der Waals surface area contributed by atoms with Crippen LogP contribution in [0.25, 0.3) is 0 Å². The lowest BCUT2D eigenvalue weighted by Gasteiger charge is -1.85. The van der Waals surface area contributed by atoms with E-state index in [-0.39, 0.29) is 0 Å². The van der Waals surface area contributed by atoms with Gasteiger partial charge in [-0.3, -0.25) is 9.35 Å². The Kier molecular flexibility index (Phi) is 5.09. The molecule has 5 heteroatoms. The molecule has 0 bridgehead atoms. The maximum Gasteiger partial charge on any atom is 0.0152 e. The Bertz CT molecular complexity index is 130. The summed E-state index contributed by atoms with van der Waals surface area (Å²) in [5.41, 5.74) is 0. The summed E-state index contributed by atoms with van der Waals surface area (Å²) in [5, 5.41) is 4.03. The van der Waals surface area contributed by atoms with Crippen LogP contribution in [0, 0.1) is 0 Å². The molecule has 0 aliphatic heterocycles. The molecule has 1 aromatic heterocycles. The number of aromatic nitrogens is 1. The Hall–Kier alpha value is -0.650. The molecular formula is C4H7N2O2S-. The second-order valence-corrected chi connectivity index (χ2v) is 1.67. The van der Waals surface area contributed by atoms with Crippen LogP contribution in [-0.2, 0) is 11.3 Å². The van der Waals surface area contributed by atoms with Gasteiger partial charge in [0.15, 0.2) is 0 Å². The first-order valence-corrected chi connectivity index (χ1v) is 3.28. The van der Waals surface area contributed by atoms with Gasteiger partial charge in [0.05, 0.1) is 0 Å². The Morgan fingerprint density at radius 3 is 1.89 bits per heavy atom. The average Bonchev–Trinajstić information content (AvgIpc) is 2.11. The highest BCUT2D eigenvalue weighted by Crippen LogP contribution is 1.72. The van der Waals surface area contributed by atoms with Crippen molar-refractivity contribution in [2.24, 2.45) is 5.14 Å². The van der Waals surface area contributed by atoms with Crippen LogP contribution in [0.1, 0.15) is 0 Å². The molecule has 9 heavy (non-hydrogen) atoms. The Morgan fingerprint density at radius 1 is 1.44 bits per heavy atom. The first-order chi connectivity index (χ1) is 4.23. The Morgan fingerprint density at radius 2 is 1.78 bits per heavy atom. The lowest BCUT2D eigenvalue weighted by Crippen LogP contribution is -1.97. The number of hydrogen-bond acceptors (Lipinski definition) is 2. The summed E-state index contributed by atoms with van der Waals surface area (Å²) in [4.78, 5) is 2.86. The molecule has 0 fully saturated rings. The minimum absolute atomic E-state index is 1.88. The fraction of sp³-hybridized carbons (Fsp3) is 0. The fourth-order valence-corrected chi connectivity index (χ4v) is 0.278. The van der Waals surface area contributed by atoms with Crippen molar-refractivity contribution in [2.45, 2.75) is 0 Å². The standard InChI is InChI=1S/C4H5N.H3NO2S/c1-2-4-5-3-1;1-4(2)3/h1-5H;1H2,(H,2,3)/p-1. The molecule has 1 unspecified atom stereocenters.